The first-order valence-electron chi connectivity index (χ1n) is 6.64. The van der Waals surface area contributed by atoms with Crippen LogP contribution in [-0.4, -0.2) is 25.2 Å². The number of rotatable bonds is 1. The molecule has 2 nitrogen and oxygen atoms in total. The van der Waals surface area contributed by atoms with Gasteiger partial charge in [-0.3, -0.25) is 0 Å². The number of aryl methyl sites for hydroxylation is 2. The third-order valence-corrected chi connectivity index (χ3v) is 3.59. The van der Waals surface area contributed by atoms with E-state index in [1.54, 1.807) is 0 Å². The number of hydrogen-bond donors (Lipinski definition) is 1. The van der Waals surface area contributed by atoms with Crippen molar-refractivity contribution in [3.8, 4) is 0 Å². The monoisotopic (exact) mass is 232 g/mol. The normalized spacial score (nSPS) is 25.8. The maximum absolute atomic E-state index is 3.63. The lowest BCUT2D eigenvalue weighted by Crippen LogP contribution is -2.37. The van der Waals surface area contributed by atoms with Gasteiger partial charge < -0.3 is 10.2 Å². The molecule has 0 radical (unpaired) electrons. The van der Waals surface area contributed by atoms with Crippen molar-refractivity contribution in [3.05, 3.63) is 29.3 Å². The minimum absolute atomic E-state index is 0.563. The molecular formula is C15H24N2. The predicted octanol–water partition coefficient (Wildman–Crippen LogP) is 2.88. The Morgan fingerprint density at radius 2 is 1.94 bits per heavy atom. The van der Waals surface area contributed by atoms with E-state index in [4.69, 9.17) is 0 Å². The largest absolute Gasteiger partial charge is 0.370 e. The van der Waals surface area contributed by atoms with Crippen LogP contribution >= 0.6 is 0 Å². The summed E-state index contributed by atoms with van der Waals surface area (Å²) in [6.07, 6.45) is 1.22. The lowest BCUT2D eigenvalue weighted by Gasteiger charge is -2.26. The smallest absolute Gasteiger partial charge is 0.0396 e. The van der Waals surface area contributed by atoms with Gasteiger partial charge in [-0.1, -0.05) is 17.7 Å². The summed E-state index contributed by atoms with van der Waals surface area (Å²) in [5.41, 5.74) is 4.14. The van der Waals surface area contributed by atoms with Crippen molar-refractivity contribution in [2.75, 3.05) is 18.0 Å². The quantitative estimate of drug-likeness (QED) is 0.801. The Balaban J connectivity index is 2.20. The summed E-state index contributed by atoms with van der Waals surface area (Å²) in [6, 6.07) is 7.96. The molecule has 2 rings (SSSR count). The van der Waals surface area contributed by atoms with Crippen LogP contribution in [-0.2, 0) is 0 Å². The van der Waals surface area contributed by atoms with Gasteiger partial charge in [0.05, 0.1) is 0 Å². The summed E-state index contributed by atoms with van der Waals surface area (Å²) in [7, 11) is 0. The molecule has 2 heteroatoms. The van der Waals surface area contributed by atoms with Crippen LogP contribution < -0.4 is 10.2 Å². The molecule has 0 bridgehead atoms. The van der Waals surface area contributed by atoms with E-state index in [1.807, 2.05) is 0 Å². The number of anilines is 1. The number of nitrogens with one attached hydrogen (secondary N) is 1. The summed E-state index contributed by atoms with van der Waals surface area (Å²) >= 11 is 0. The Morgan fingerprint density at radius 3 is 2.65 bits per heavy atom. The molecular weight excluding hydrogens is 208 g/mol. The summed E-state index contributed by atoms with van der Waals surface area (Å²) in [6.45, 7) is 11.2. The molecule has 1 aromatic rings. The van der Waals surface area contributed by atoms with Crippen LogP contribution in [0.3, 0.4) is 0 Å². The Labute approximate surface area is 105 Å². The van der Waals surface area contributed by atoms with Crippen molar-refractivity contribution in [1.29, 1.82) is 0 Å². The van der Waals surface area contributed by atoms with E-state index in [1.165, 1.54) is 23.2 Å². The molecule has 1 fully saturated rings. The van der Waals surface area contributed by atoms with Gasteiger partial charge in [-0.15, -0.1) is 0 Å². The second-order valence-corrected chi connectivity index (χ2v) is 5.49. The first kappa shape index (κ1) is 12.4. The van der Waals surface area contributed by atoms with Crippen LogP contribution in [0.2, 0.25) is 0 Å². The van der Waals surface area contributed by atoms with Gasteiger partial charge in [-0.05, 0) is 45.7 Å². The molecule has 0 aliphatic carbocycles. The fourth-order valence-corrected chi connectivity index (χ4v) is 2.77. The van der Waals surface area contributed by atoms with Crippen molar-refractivity contribution in [1.82, 2.24) is 5.32 Å². The van der Waals surface area contributed by atoms with Crippen LogP contribution in [0.5, 0.6) is 0 Å². The van der Waals surface area contributed by atoms with Crippen LogP contribution in [0.1, 0.15) is 31.4 Å². The molecule has 0 saturated carbocycles. The third kappa shape index (κ3) is 3.01. The van der Waals surface area contributed by atoms with Crippen molar-refractivity contribution >= 4 is 5.69 Å². The first-order chi connectivity index (χ1) is 8.06. The second-order valence-electron chi connectivity index (χ2n) is 5.49. The van der Waals surface area contributed by atoms with Crippen molar-refractivity contribution in [2.45, 2.75) is 46.2 Å². The lowest BCUT2D eigenvalue weighted by atomic mass is 10.1. The summed E-state index contributed by atoms with van der Waals surface area (Å²) < 4.78 is 0. The lowest BCUT2D eigenvalue weighted by molar-refractivity contribution is 0.492. The molecule has 1 aliphatic heterocycles. The van der Waals surface area contributed by atoms with Crippen LogP contribution in [0.4, 0.5) is 5.69 Å². The molecule has 0 aromatic heterocycles. The van der Waals surface area contributed by atoms with Crippen molar-refractivity contribution < 1.29 is 0 Å². The van der Waals surface area contributed by atoms with Gasteiger partial charge in [0.1, 0.15) is 0 Å². The van der Waals surface area contributed by atoms with E-state index in [9.17, 15) is 0 Å². The average Bonchev–Trinajstić information content (AvgIpc) is 2.39. The van der Waals surface area contributed by atoms with E-state index in [2.05, 4.69) is 56.1 Å². The third-order valence-electron chi connectivity index (χ3n) is 3.59. The highest BCUT2D eigenvalue weighted by Gasteiger charge is 2.19. The molecule has 1 saturated heterocycles. The Kier molecular flexibility index (Phi) is 3.72. The molecule has 1 heterocycles. The maximum Gasteiger partial charge on any atom is 0.0396 e. The molecule has 2 atom stereocenters. The Bertz CT molecular complexity index is 387. The fourth-order valence-electron chi connectivity index (χ4n) is 2.77. The zero-order valence-electron chi connectivity index (χ0n) is 11.5. The van der Waals surface area contributed by atoms with Crippen LogP contribution in [0.15, 0.2) is 18.2 Å². The van der Waals surface area contributed by atoms with Gasteiger partial charge in [0.15, 0.2) is 0 Å². The van der Waals surface area contributed by atoms with Gasteiger partial charge in [0, 0.05) is 30.9 Å². The molecule has 0 amide bonds. The highest BCUT2D eigenvalue weighted by atomic mass is 15.2. The fraction of sp³-hybridized carbons (Fsp3) is 0.600. The predicted molar refractivity (Wildman–Crippen MR) is 74.8 cm³/mol. The molecule has 17 heavy (non-hydrogen) atoms. The van der Waals surface area contributed by atoms with Crippen molar-refractivity contribution in [2.24, 2.45) is 0 Å². The number of benzene rings is 1. The Morgan fingerprint density at radius 1 is 1.18 bits per heavy atom. The van der Waals surface area contributed by atoms with Crippen molar-refractivity contribution in [3.63, 3.8) is 0 Å². The van der Waals surface area contributed by atoms with Crippen LogP contribution in [0, 0.1) is 13.8 Å². The zero-order valence-corrected chi connectivity index (χ0v) is 11.5. The highest BCUT2D eigenvalue weighted by molar-refractivity contribution is 5.54. The SMILES string of the molecule is Cc1ccc(N2CCC(C)NC(C)C2)c(C)c1. The topological polar surface area (TPSA) is 15.3 Å². The van der Waals surface area contributed by atoms with E-state index >= 15 is 0 Å². The summed E-state index contributed by atoms with van der Waals surface area (Å²) in [4.78, 5) is 2.52. The first-order valence-corrected chi connectivity index (χ1v) is 6.64. The molecule has 2 unspecified atom stereocenters. The van der Waals surface area contributed by atoms with Gasteiger partial charge in [0.2, 0.25) is 0 Å². The van der Waals surface area contributed by atoms with E-state index in [-0.39, 0.29) is 0 Å². The summed E-state index contributed by atoms with van der Waals surface area (Å²) in [5, 5.41) is 3.63. The molecule has 1 aliphatic rings. The highest BCUT2D eigenvalue weighted by Crippen LogP contribution is 2.23. The molecule has 1 aromatic carbocycles. The second kappa shape index (κ2) is 5.09. The molecule has 1 N–H and O–H groups in total. The Hall–Kier alpha value is -1.02. The maximum atomic E-state index is 3.63. The minimum Gasteiger partial charge on any atom is -0.370 e. The number of hydrogen-bond acceptors (Lipinski definition) is 2. The van der Waals surface area contributed by atoms with Gasteiger partial charge >= 0.3 is 0 Å². The number of nitrogens with zero attached hydrogens (tertiary/aromatic N) is 1. The van der Waals surface area contributed by atoms with Gasteiger partial charge in [0.25, 0.3) is 0 Å². The standard InChI is InChI=1S/C15H24N2/c1-11-5-6-15(12(2)9-11)17-8-7-13(3)16-14(4)10-17/h5-6,9,13-14,16H,7-8,10H2,1-4H3. The van der Waals surface area contributed by atoms with Crippen LogP contribution in [0.25, 0.3) is 0 Å². The van der Waals surface area contributed by atoms with E-state index in [0.29, 0.717) is 12.1 Å². The zero-order chi connectivity index (χ0) is 12.4. The summed E-state index contributed by atoms with van der Waals surface area (Å²) in [5.74, 6) is 0. The minimum atomic E-state index is 0.563. The van der Waals surface area contributed by atoms with Gasteiger partial charge in [-0.25, -0.2) is 0 Å². The van der Waals surface area contributed by atoms with E-state index < -0.39 is 0 Å². The molecule has 0 spiro atoms. The average molecular weight is 232 g/mol. The van der Waals surface area contributed by atoms with E-state index in [0.717, 1.165) is 13.1 Å². The van der Waals surface area contributed by atoms with Gasteiger partial charge in [-0.2, -0.15) is 0 Å². The molecule has 94 valence electrons.